The van der Waals surface area contributed by atoms with Crippen molar-refractivity contribution in [3.63, 3.8) is 0 Å². The van der Waals surface area contributed by atoms with Gasteiger partial charge in [0.2, 0.25) is 0 Å². The molecule has 1 saturated carbocycles. The van der Waals surface area contributed by atoms with E-state index in [9.17, 15) is 15.0 Å². The molecule has 0 unspecified atom stereocenters. The van der Waals surface area contributed by atoms with Crippen LogP contribution >= 0.6 is 15.9 Å². The van der Waals surface area contributed by atoms with Crippen molar-refractivity contribution in [1.82, 2.24) is 0 Å². The summed E-state index contributed by atoms with van der Waals surface area (Å²) in [7, 11) is 2.94. The number of methoxy groups -OCH3 is 2. The molecule has 0 heterocycles. The van der Waals surface area contributed by atoms with Gasteiger partial charge in [-0.25, -0.2) is 0 Å². The molecule has 0 radical (unpaired) electrons. The van der Waals surface area contributed by atoms with Crippen molar-refractivity contribution >= 4 is 27.8 Å². The summed E-state index contributed by atoms with van der Waals surface area (Å²) >= 11 is 3.41. The van der Waals surface area contributed by atoms with Crippen LogP contribution in [0.25, 0.3) is 6.08 Å². The molecule has 0 amide bonds. The number of benzene rings is 2. The molecule has 1 aliphatic rings. The molecule has 2 aromatic carbocycles. The number of rotatable bonds is 6. The maximum Gasteiger partial charge on any atom is 0.193 e. The lowest BCUT2D eigenvalue weighted by Gasteiger charge is -2.30. The minimum absolute atomic E-state index is 0.0762. The Labute approximate surface area is 179 Å². The van der Waals surface area contributed by atoms with Crippen molar-refractivity contribution in [2.75, 3.05) is 14.2 Å². The first kappa shape index (κ1) is 21.4. The minimum Gasteiger partial charge on any atom is -0.507 e. The molecule has 2 atom stereocenters. The van der Waals surface area contributed by atoms with Crippen molar-refractivity contribution in [1.29, 1.82) is 0 Å². The number of carbonyl (C=O) groups is 1. The highest BCUT2D eigenvalue weighted by atomic mass is 79.9. The number of aromatic hydroxyl groups is 1. The van der Waals surface area contributed by atoms with Crippen LogP contribution in [0.3, 0.4) is 0 Å². The van der Waals surface area contributed by atoms with Crippen molar-refractivity contribution in [3.05, 3.63) is 57.6 Å². The average molecular weight is 461 g/mol. The van der Waals surface area contributed by atoms with Gasteiger partial charge < -0.3 is 19.7 Å². The second-order valence-electron chi connectivity index (χ2n) is 7.13. The third-order valence-corrected chi connectivity index (χ3v) is 5.82. The zero-order chi connectivity index (χ0) is 21.0. The van der Waals surface area contributed by atoms with Crippen molar-refractivity contribution in [2.45, 2.75) is 37.7 Å². The molecule has 0 saturated heterocycles. The van der Waals surface area contributed by atoms with E-state index < -0.39 is 6.10 Å². The molecule has 154 valence electrons. The van der Waals surface area contributed by atoms with Crippen molar-refractivity contribution in [2.24, 2.45) is 0 Å². The molecule has 1 aliphatic carbocycles. The number of carbonyl (C=O) groups excluding carboxylic acids is 1. The number of aliphatic hydroxyl groups is 1. The number of aliphatic hydroxyl groups excluding tert-OH is 1. The average Bonchev–Trinajstić information content (AvgIpc) is 2.72. The molecule has 2 aromatic rings. The van der Waals surface area contributed by atoms with E-state index in [0.717, 1.165) is 29.3 Å². The monoisotopic (exact) mass is 460 g/mol. The zero-order valence-corrected chi connectivity index (χ0v) is 18.1. The fraction of sp³-hybridized carbons (Fsp3) is 0.348. The highest BCUT2D eigenvalue weighted by Gasteiger charge is 2.33. The van der Waals surface area contributed by atoms with Crippen LogP contribution < -0.4 is 9.47 Å². The normalized spacial score (nSPS) is 19.3. The molecule has 0 bridgehead atoms. The molecule has 0 spiro atoms. The minimum atomic E-state index is -0.586. The van der Waals surface area contributed by atoms with E-state index in [0.29, 0.717) is 17.7 Å². The van der Waals surface area contributed by atoms with E-state index in [4.69, 9.17) is 9.47 Å². The predicted molar refractivity (Wildman–Crippen MR) is 116 cm³/mol. The van der Waals surface area contributed by atoms with Crippen LogP contribution in [-0.2, 0) is 0 Å². The molecule has 29 heavy (non-hydrogen) atoms. The molecule has 2 N–H and O–H groups in total. The highest BCUT2D eigenvalue weighted by molar-refractivity contribution is 9.10. The number of ether oxygens (including phenoxy) is 2. The second kappa shape index (κ2) is 9.46. The first-order valence-corrected chi connectivity index (χ1v) is 10.4. The Kier molecular flexibility index (Phi) is 6.98. The summed E-state index contributed by atoms with van der Waals surface area (Å²) in [6.45, 7) is 0. The number of ketones is 1. The summed E-state index contributed by atoms with van der Waals surface area (Å²) in [5, 5.41) is 21.6. The number of hydrogen-bond acceptors (Lipinski definition) is 5. The van der Waals surface area contributed by atoms with E-state index in [1.165, 1.54) is 20.3 Å². The van der Waals surface area contributed by atoms with E-state index >= 15 is 0 Å². The Hall–Kier alpha value is -2.31. The molecule has 0 aromatic heterocycles. The largest absolute Gasteiger partial charge is 0.507 e. The summed E-state index contributed by atoms with van der Waals surface area (Å²) in [6.07, 6.45) is 5.78. The third kappa shape index (κ3) is 4.65. The van der Waals surface area contributed by atoms with Gasteiger partial charge in [0.25, 0.3) is 0 Å². The Morgan fingerprint density at radius 1 is 1.14 bits per heavy atom. The number of allylic oxidation sites excluding steroid dienone is 1. The smallest absolute Gasteiger partial charge is 0.193 e. The molecule has 0 aliphatic heterocycles. The van der Waals surface area contributed by atoms with Crippen molar-refractivity contribution in [3.8, 4) is 17.2 Å². The fourth-order valence-corrected chi connectivity index (χ4v) is 4.29. The van der Waals surface area contributed by atoms with Gasteiger partial charge in [-0.2, -0.15) is 0 Å². The van der Waals surface area contributed by atoms with Crippen LogP contribution in [0.1, 0.15) is 53.1 Å². The summed E-state index contributed by atoms with van der Waals surface area (Å²) in [6, 6.07) is 9.15. The Bertz CT molecular complexity index is 922. The highest BCUT2D eigenvalue weighted by Crippen LogP contribution is 2.47. The fourth-order valence-electron chi connectivity index (χ4n) is 3.88. The zero-order valence-electron chi connectivity index (χ0n) is 16.5. The molecule has 1 fully saturated rings. The van der Waals surface area contributed by atoms with Gasteiger partial charge in [0.15, 0.2) is 5.78 Å². The van der Waals surface area contributed by atoms with Crippen LogP contribution in [-0.4, -0.2) is 36.3 Å². The standard InChI is InChI=1S/C23H25BrO5/c1-28-19-13-20(29-2)22(18(26)11-10-14-6-5-7-15(24)12-14)23(27)21(19)16-8-3-4-9-17(16)25/h5-7,10-13,16-17,25,27H,3-4,8-9H2,1-2H3/b11-10-/t16-,17-/m1/s1. The van der Waals surface area contributed by atoms with E-state index in [1.54, 1.807) is 12.1 Å². The molecule has 5 nitrogen and oxygen atoms in total. The first-order valence-electron chi connectivity index (χ1n) is 9.60. The topological polar surface area (TPSA) is 76.0 Å². The first-order chi connectivity index (χ1) is 14.0. The number of hydrogen-bond donors (Lipinski definition) is 2. The summed E-state index contributed by atoms with van der Waals surface area (Å²) < 4.78 is 11.7. The number of phenols is 1. The van der Waals surface area contributed by atoms with Gasteiger partial charge in [-0.3, -0.25) is 4.79 Å². The molecular weight excluding hydrogens is 436 g/mol. The van der Waals surface area contributed by atoms with Gasteiger partial charge in [0.05, 0.1) is 20.3 Å². The SMILES string of the molecule is COc1cc(OC)c([C@@H]2CCCC[C@H]2O)c(O)c1C(=O)/C=C\c1cccc(Br)c1. The van der Waals surface area contributed by atoms with Crippen LogP contribution in [0.2, 0.25) is 0 Å². The van der Waals surface area contributed by atoms with Gasteiger partial charge in [-0.1, -0.05) is 47.0 Å². The lowest BCUT2D eigenvalue weighted by atomic mass is 9.80. The van der Waals surface area contributed by atoms with Gasteiger partial charge in [-0.05, 0) is 36.6 Å². The van der Waals surface area contributed by atoms with E-state index in [-0.39, 0.29) is 28.8 Å². The van der Waals surface area contributed by atoms with Gasteiger partial charge in [0.1, 0.15) is 22.8 Å². The predicted octanol–water partition coefficient (Wildman–Crippen LogP) is 5.09. The third-order valence-electron chi connectivity index (χ3n) is 5.33. The lowest BCUT2D eigenvalue weighted by Crippen LogP contribution is -2.23. The Balaban J connectivity index is 2.05. The quantitative estimate of drug-likeness (QED) is 0.463. The Morgan fingerprint density at radius 3 is 2.52 bits per heavy atom. The van der Waals surface area contributed by atoms with E-state index in [2.05, 4.69) is 15.9 Å². The maximum absolute atomic E-state index is 13.0. The van der Waals surface area contributed by atoms with Gasteiger partial charge in [0, 0.05) is 22.0 Å². The second-order valence-corrected chi connectivity index (χ2v) is 8.04. The van der Waals surface area contributed by atoms with E-state index in [1.807, 2.05) is 24.3 Å². The van der Waals surface area contributed by atoms with Crippen molar-refractivity contribution < 1.29 is 24.5 Å². The molecular formula is C23H25BrO5. The Morgan fingerprint density at radius 2 is 1.86 bits per heavy atom. The summed E-state index contributed by atoms with van der Waals surface area (Å²) in [5.74, 6) is -0.204. The van der Waals surface area contributed by atoms with Crippen LogP contribution in [0.15, 0.2) is 40.9 Å². The van der Waals surface area contributed by atoms with Gasteiger partial charge >= 0.3 is 0 Å². The maximum atomic E-state index is 13.0. The van der Waals surface area contributed by atoms with Crippen LogP contribution in [0.5, 0.6) is 17.2 Å². The molecule has 6 heteroatoms. The molecule has 3 rings (SSSR count). The van der Waals surface area contributed by atoms with Gasteiger partial charge in [-0.15, -0.1) is 0 Å². The van der Waals surface area contributed by atoms with Crippen LogP contribution in [0.4, 0.5) is 0 Å². The number of halogens is 1. The van der Waals surface area contributed by atoms with Crippen LogP contribution in [0, 0.1) is 0 Å². The lowest BCUT2D eigenvalue weighted by molar-refractivity contribution is 0.101. The number of phenolic OH excluding ortho intramolecular Hbond substituents is 1. The summed E-state index contributed by atoms with van der Waals surface area (Å²) in [5.41, 5.74) is 1.40. The summed E-state index contributed by atoms with van der Waals surface area (Å²) in [4.78, 5) is 13.0.